The Morgan fingerprint density at radius 3 is 2.23 bits per heavy atom. The van der Waals surface area contributed by atoms with Gasteiger partial charge < -0.3 is 0 Å². The zero-order valence-electron chi connectivity index (χ0n) is 17.9. The number of hydrogen-bond donors (Lipinski definition) is 0. The summed E-state index contributed by atoms with van der Waals surface area (Å²) in [6.45, 7) is 6.46. The van der Waals surface area contributed by atoms with Gasteiger partial charge in [0.1, 0.15) is 17.2 Å². The van der Waals surface area contributed by atoms with Crippen LogP contribution in [0.15, 0.2) is 48.5 Å². The van der Waals surface area contributed by atoms with Crippen molar-refractivity contribution in [3.8, 4) is 0 Å². The highest BCUT2D eigenvalue weighted by molar-refractivity contribution is 6.00. The molecule has 1 aromatic heterocycles. The molecular formula is C24H29N5O. The van der Waals surface area contributed by atoms with Gasteiger partial charge in [-0.3, -0.25) is 9.69 Å². The van der Waals surface area contributed by atoms with E-state index in [2.05, 4.69) is 49.9 Å². The number of nitrogens with zero attached hydrogens (tertiary/aromatic N) is 5. The lowest BCUT2D eigenvalue weighted by molar-refractivity contribution is -0.121. The summed E-state index contributed by atoms with van der Waals surface area (Å²) in [6, 6.07) is 16.2. The average Bonchev–Trinajstić information content (AvgIpc) is 3.28. The van der Waals surface area contributed by atoms with Crippen LogP contribution < -0.4 is 4.90 Å². The molecule has 1 amide bonds. The van der Waals surface area contributed by atoms with Gasteiger partial charge in [-0.2, -0.15) is 15.0 Å². The van der Waals surface area contributed by atoms with E-state index in [-0.39, 0.29) is 24.3 Å². The molecule has 1 unspecified atom stereocenters. The molecule has 2 aliphatic rings. The quantitative estimate of drug-likeness (QED) is 0.643. The zero-order valence-corrected chi connectivity index (χ0v) is 17.9. The molecule has 2 aromatic carbocycles. The van der Waals surface area contributed by atoms with E-state index in [0.717, 1.165) is 42.4 Å². The van der Waals surface area contributed by atoms with Crippen LogP contribution >= 0.6 is 0 Å². The largest absolute Gasteiger partial charge is 0.295 e. The molecule has 3 aromatic rings. The van der Waals surface area contributed by atoms with E-state index < -0.39 is 0 Å². The number of carbonyl (C=O) groups is 1. The Hall–Kier alpha value is -2.73. The first-order valence-corrected chi connectivity index (χ1v) is 11.0. The normalized spacial score (nSPS) is 24.7. The first-order chi connectivity index (χ1) is 14.5. The number of benzene rings is 2. The van der Waals surface area contributed by atoms with Crippen LogP contribution in [0, 0.1) is 12.8 Å². The number of aromatic nitrogens is 3. The summed E-state index contributed by atoms with van der Waals surface area (Å²) in [4.78, 5) is 20.0. The highest BCUT2D eigenvalue weighted by atomic mass is 16.2. The Morgan fingerprint density at radius 1 is 0.967 bits per heavy atom. The molecular weight excluding hydrogens is 374 g/mol. The maximum Gasteiger partial charge on any atom is 0.245 e. The van der Waals surface area contributed by atoms with E-state index in [1.165, 1.54) is 5.56 Å². The van der Waals surface area contributed by atoms with Crippen molar-refractivity contribution in [3.63, 3.8) is 0 Å². The molecule has 156 valence electrons. The molecule has 3 heterocycles. The minimum Gasteiger partial charge on any atom is -0.295 e. The lowest BCUT2D eigenvalue weighted by Crippen LogP contribution is -2.48. The molecule has 2 fully saturated rings. The molecule has 0 bridgehead atoms. The van der Waals surface area contributed by atoms with Crippen LogP contribution in [0.4, 0.5) is 5.69 Å². The van der Waals surface area contributed by atoms with Gasteiger partial charge in [-0.05, 0) is 62.8 Å². The van der Waals surface area contributed by atoms with E-state index in [9.17, 15) is 4.79 Å². The minimum absolute atomic E-state index is 0.000650. The Labute approximate surface area is 177 Å². The van der Waals surface area contributed by atoms with E-state index >= 15 is 0 Å². The SMILES string of the molecule is Cc1ccc(N2C(=O)[C@H](CC(C)C)N3C(n4nc5ccccc5n4)CCC[C@@H]23)cc1. The van der Waals surface area contributed by atoms with Crippen molar-refractivity contribution in [2.24, 2.45) is 5.92 Å². The number of hydrogen-bond acceptors (Lipinski definition) is 4. The molecule has 2 aliphatic heterocycles. The molecule has 0 spiro atoms. The summed E-state index contributed by atoms with van der Waals surface area (Å²) in [5.74, 6) is 0.644. The number of piperidine rings is 1. The van der Waals surface area contributed by atoms with Crippen molar-refractivity contribution in [2.75, 3.05) is 4.90 Å². The molecule has 3 atom stereocenters. The van der Waals surface area contributed by atoms with Gasteiger partial charge in [0.15, 0.2) is 0 Å². The van der Waals surface area contributed by atoms with Gasteiger partial charge in [-0.1, -0.05) is 43.7 Å². The molecule has 0 aliphatic carbocycles. The average molecular weight is 404 g/mol. The fourth-order valence-corrected chi connectivity index (χ4v) is 5.01. The summed E-state index contributed by atoms with van der Waals surface area (Å²) in [6.07, 6.45) is 3.88. The van der Waals surface area contributed by atoms with Crippen molar-refractivity contribution in [3.05, 3.63) is 54.1 Å². The first-order valence-electron chi connectivity index (χ1n) is 11.0. The Balaban J connectivity index is 1.56. The fourth-order valence-electron chi connectivity index (χ4n) is 5.01. The Kier molecular flexibility index (Phi) is 4.82. The number of amides is 1. The van der Waals surface area contributed by atoms with Crippen molar-refractivity contribution < 1.29 is 4.79 Å². The summed E-state index contributed by atoms with van der Waals surface area (Å²) in [5, 5.41) is 9.56. The second-order valence-electron chi connectivity index (χ2n) is 9.04. The molecule has 6 nitrogen and oxygen atoms in total. The molecule has 0 N–H and O–H groups in total. The summed E-state index contributed by atoms with van der Waals surface area (Å²) in [5.41, 5.74) is 4.00. The third-order valence-corrected chi connectivity index (χ3v) is 6.37. The van der Waals surface area contributed by atoms with Crippen LogP contribution in [-0.4, -0.2) is 38.0 Å². The van der Waals surface area contributed by atoms with Crippen LogP contribution in [0.2, 0.25) is 0 Å². The third kappa shape index (κ3) is 3.19. The lowest BCUT2D eigenvalue weighted by atomic mass is 9.99. The Morgan fingerprint density at radius 2 is 1.60 bits per heavy atom. The first kappa shape index (κ1) is 19.2. The molecule has 6 heteroatoms. The predicted molar refractivity (Wildman–Crippen MR) is 118 cm³/mol. The van der Waals surface area contributed by atoms with E-state index in [1.807, 2.05) is 34.0 Å². The Bertz CT molecular complexity index is 1020. The molecule has 30 heavy (non-hydrogen) atoms. The minimum atomic E-state index is -0.143. The molecule has 5 rings (SSSR count). The maximum absolute atomic E-state index is 13.7. The summed E-state index contributed by atoms with van der Waals surface area (Å²) in [7, 11) is 0. The second-order valence-corrected chi connectivity index (χ2v) is 9.04. The number of aryl methyl sites for hydroxylation is 1. The van der Waals surface area contributed by atoms with Crippen molar-refractivity contribution in [2.45, 2.75) is 64.8 Å². The van der Waals surface area contributed by atoms with Crippen molar-refractivity contribution in [1.29, 1.82) is 0 Å². The van der Waals surface area contributed by atoms with Gasteiger partial charge in [0, 0.05) is 5.69 Å². The van der Waals surface area contributed by atoms with Crippen molar-refractivity contribution in [1.82, 2.24) is 19.9 Å². The topological polar surface area (TPSA) is 54.3 Å². The van der Waals surface area contributed by atoms with Crippen LogP contribution in [0.5, 0.6) is 0 Å². The van der Waals surface area contributed by atoms with E-state index in [4.69, 9.17) is 10.2 Å². The third-order valence-electron chi connectivity index (χ3n) is 6.37. The number of anilines is 1. The zero-order chi connectivity index (χ0) is 20.8. The number of rotatable bonds is 4. The lowest BCUT2D eigenvalue weighted by Gasteiger charge is -2.40. The van der Waals surface area contributed by atoms with Crippen LogP contribution in [-0.2, 0) is 4.79 Å². The predicted octanol–water partition coefficient (Wildman–Crippen LogP) is 4.51. The number of fused-ring (bicyclic) bond motifs is 2. The summed E-state index contributed by atoms with van der Waals surface area (Å²) >= 11 is 0. The van der Waals surface area contributed by atoms with Gasteiger partial charge in [0.2, 0.25) is 5.91 Å². The van der Waals surface area contributed by atoms with Gasteiger partial charge in [0.05, 0.1) is 12.2 Å². The second kappa shape index (κ2) is 7.51. The van der Waals surface area contributed by atoms with Gasteiger partial charge in [0.25, 0.3) is 0 Å². The van der Waals surface area contributed by atoms with Crippen molar-refractivity contribution >= 4 is 22.6 Å². The summed E-state index contributed by atoms with van der Waals surface area (Å²) < 4.78 is 0. The standard InChI is InChI=1S/C24H29N5O/c1-16(2)15-21-24(30)27(18-13-11-17(3)12-14-18)22-9-6-10-23(28(21)22)29-25-19-7-4-5-8-20(19)26-29/h4-5,7-8,11-14,16,21-23H,6,9-10,15H2,1-3H3/t21-,22-,23?/m0/s1. The molecule has 2 saturated heterocycles. The highest BCUT2D eigenvalue weighted by Gasteiger charge is 2.51. The smallest absolute Gasteiger partial charge is 0.245 e. The number of carbonyl (C=O) groups excluding carboxylic acids is 1. The monoisotopic (exact) mass is 403 g/mol. The van der Waals surface area contributed by atoms with E-state index in [0.29, 0.717) is 5.92 Å². The maximum atomic E-state index is 13.7. The van der Waals surface area contributed by atoms with Gasteiger partial charge in [-0.25, -0.2) is 4.90 Å². The van der Waals surface area contributed by atoms with Crippen LogP contribution in [0.1, 0.15) is 51.3 Å². The molecule has 0 saturated carbocycles. The highest BCUT2D eigenvalue weighted by Crippen LogP contribution is 2.42. The fraction of sp³-hybridized carbons (Fsp3) is 0.458. The molecule has 0 radical (unpaired) electrons. The van der Waals surface area contributed by atoms with Crippen LogP contribution in [0.3, 0.4) is 0 Å². The van der Waals surface area contributed by atoms with Gasteiger partial charge in [-0.15, -0.1) is 0 Å². The van der Waals surface area contributed by atoms with E-state index in [1.54, 1.807) is 0 Å². The van der Waals surface area contributed by atoms with Gasteiger partial charge >= 0.3 is 0 Å². The van der Waals surface area contributed by atoms with Crippen LogP contribution in [0.25, 0.3) is 11.0 Å².